The fraction of sp³-hybridized carbons (Fsp3) is 0.357. The first-order valence-electron chi connectivity index (χ1n) is 5.89. The van der Waals surface area contributed by atoms with Gasteiger partial charge in [0.25, 0.3) is 0 Å². The summed E-state index contributed by atoms with van der Waals surface area (Å²) in [6, 6.07) is 5.42. The molecule has 2 rings (SSSR count). The average molecular weight is 248 g/mol. The molecule has 1 aliphatic rings. The summed E-state index contributed by atoms with van der Waals surface area (Å²) in [7, 11) is 0. The number of aliphatic hydroxyl groups excluding tert-OH is 2. The van der Waals surface area contributed by atoms with Crippen molar-refractivity contribution in [3.63, 3.8) is 0 Å². The summed E-state index contributed by atoms with van der Waals surface area (Å²) in [5.74, 6) is 0.365. The predicted molar refractivity (Wildman–Crippen MR) is 67.2 cm³/mol. The van der Waals surface area contributed by atoms with Gasteiger partial charge in [-0.1, -0.05) is 18.2 Å². The van der Waals surface area contributed by atoms with Crippen molar-refractivity contribution in [1.29, 1.82) is 0 Å². The molecular weight excluding hydrogens is 232 g/mol. The molecule has 0 aliphatic carbocycles. The Morgan fingerprint density at radius 2 is 2.33 bits per heavy atom. The Labute approximate surface area is 106 Å². The monoisotopic (exact) mass is 248 g/mol. The molecule has 96 valence electrons. The largest absolute Gasteiger partial charge is 0.493 e. The number of hydrogen-bond acceptors (Lipinski definition) is 4. The third-order valence-electron chi connectivity index (χ3n) is 2.93. The number of rotatable bonds is 3. The van der Waals surface area contributed by atoms with Crippen molar-refractivity contribution in [2.75, 3.05) is 6.61 Å². The van der Waals surface area contributed by atoms with E-state index in [0.29, 0.717) is 18.8 Å². The molecule has 4 nitrogen and oxygen atoms in total. The van der Waals surface area contributed by atoms with Gasteiger partial charge in [0.15, 0.2) is 5.78 Å². The molecule has 0 aromatic heterocycles. The van der Waals surface area contributed by atoms with Gasteiger partial charge in [0, 0.05) is 12.0 Å². The van der Waals surface area contributed by atoms with Gasteiger partial charge < -0.3 is 14.9 Å². The molecule has 0 bridgehead atoms. The van der Waals surface area contributed by atoms with Crippen molar-refractivity contribution in [2.45, 2.75) is 25.6 Å². The second-order valence-corrected chi connectivity index (χ2v) is 4.36. The second kappa shape index (κ2) is 5.33. The van der Waals surface area contributed by atoms with Crippen molar-refractivity contribution < 1.29 is 19.7 Å². The van der Waals surface area contributed by atoms with E-state index < -0.39 is 12.2 Å². The SMILES string of the molecule is CC(=O)C(O)C=Cc1ccc2c(c1)OCCC2O. The highest BCUT2D eigenvalue weighted by molar-refractivity contribution is 5.83. The summed E-state index contributed by atoms with van der Waals surface area (Å²) in [6.45, 7) is 1.83. The Balaban J connectivity index is 2.19. The van der Waals surface area contributed by atoms with E-state index >= 15 is 0 Å². The molecule has 2 atom stereocenters. The fourth-order valence-corrected chi connectivity index (χ4v) is 1.83. The lowest BCUT2D eigenvalue weighted by atomic mass is 10.0. The topological polar surface area (TPSA) is 66.8 Å². The second-order valence-electron chi connectivity index (χ2n) is 4.36. The molecule has 0 amide bonds. The van der Waals surface area contributed by atoms with Gasteiger partial charge in [-0.2, -0.15) is 0 Å². The van der Waals surface area contributed by atoms with Gasteiger partial charge in [0.2, 0.25) is 0 Å². The van der Waals surface area contributed by atoms with Crippen LogP contribution in [-0.4, -0.2) is 28.7 Å². The average Bonchev–Trinajstić information content (AvgIpc) is 2.36. The van der Waals surface area contributed by atoms with E-state index in [1.54, 1.807) is 18.2 Å². The highest BCUT2D eigenvalue weighted by Gasteiger charge is 2.18. The number of carbonyl (C=O) groups excluding carboxylic acids is 1. The molecule has 1 aromatic carbocycles. The minimum atomic E-state index is -1.08. The van der Waals surface area contributed by atoms with Gasteiger partial charge in [-0.25, -0.2) is 0 Å². The quantitative estimate of drug-likeness (QED) is 0.850. The number of carbonyl (C=O) groups is 1. The van der Waals surface area contributed by atoms with Crippen LogP contribution in [0.15, 0.2) is 24.3 Å². The minimum absolute atomic E-state index is 0.295. The number of hydrogen-bond donors (Lipinski definition) is 2. The summed E-state index contributed by atoms with van der Waals surface area (Å²) in [6.07, 6.45) is 2.15. The first-order valence-corrected chi connectivity index (χ1v) is 5.89. The lowest BCUT2D eigenvalue weighted by Crippen LogP contribution is -2.14. The van der Waals surface area contributed by atoms with Crippen LogP contribution in [0.4, 0.5) is 0 Å². The van der Waals surface area contributed by atoms with Gasteiger partial charge >= 0.3 is 0 Å². The molecule has 0 fully saturated rings. The Bertz CT molecular complexity index is 479. The van der Waals surface area contributed by atoms with Crippen molar-refractivity contribution in [3.05, 3.63) is 35.4 Å². The van der Waals surface area contributed by atoms with E-state index in [9.17, 15) is 15.0 Å². The van der Waals surface area contributed by atoms with Gasteiger partial charge in [-0.3, -0.25) is 4.79 Å². The van der Waals surface area contributed by atoms with E-state index in [0.717, 1.165) is 11.1 Å². The molecular formula is C14H16O4. The number of fused-ring (bicyclic) bond motifs is 1. The number of ketones is 1. The zero-order valence-corrected chi connectivity index (χ0v) is 10.2. The third kappa shape index (κ3) is 2.78. The van der Waals surface area contributed by atoms with Crippen molar-refractivity contribution in [3.8, 4) is 5.75 Å². The smallest absolute Gasteiger partial charge is 0.162 e. The van der Waals surface area contributed by atoms with Crippen molar-refractivity contribution in [2.24, 2.45) is 0 Å². The summed E-state index contributed by atoms with van der Waals surface area (Å²) in [5, 5.41) is 19.1. The maximum atomic E-state index is 10.9. The highest BCUT2D eigenvalue weighted by Crippen LogP contribution is 2.32. The van der Waals surface area contributed by atoms with Gasteiger partial charge in [0.05, 0.1) is 12.7 Å². The number of benzene rings is 1. The van der Waals surface area contributed by atoms with Crippen molar-refractivity contribution in [1.82, 2.24) is 0 Å². The van der Waals surface area contributed by atoms with Crippen LogP contribution in [0.2, 0.25) is 0 Å². The standard InChI is InChI=1S/C14H16O4/c1-9(15)12(16)5-3-10-2-4-11-13(17)6-7-18-14(11)8-10/h2-5,8,12-13,16-17H,6-7H2,1H3. The van der Waals surface area contributed by atoms with Crippen LogP contribution < -0.4 is 4.74 Å². The maximum absolute atomic E-state index is 10.9. The third-order valence-corrected chi connectivity index (χ3v) is 2.93. The van der Waals surface area contributed by atoms with Crippen LogP contribution in [0.1, 0.15) is 30.6 Å². The van der Waals surface area contributed by atoms with E-state index in [2.05, 4.69) is 0 Å². The molecule has 0 saturated carbocycles. The van der Waals surface area contributed by atoms with Crippen molar-refractivity contribution >= 4 is 11.9 Å². The molecule has 2 unspecified atom stereocenters. The summed E-state index contributed by atoms with van der Waals surface area (Å²) in [4.78, 5) is 10.9. The summed E-state index contributed by atoms with van der Waals surface area (Å²) in [5.41, 5.74) is 1.61. The van der Waals surface area contributed by atoms with E-state index in [1.165, 1.54) is 13.0 Å². The number of aliphatic hydroxyl groups is 2. The minimum Gasteiger partial charge on any atom is -0.493 e. The maximum Gasteiger partial charge on any atom is 0.162 e. The molecule has 2 N–H and O–H groups in total. The molecule has 1 heterocycles. The molecule has 0 spiro atoms. The first-order chi connectivity index (χ1) is 8.58. The predicted octanol–water partition coefficient (Wildman–Crippen LogP) is 1.47. The normalized spacial score (nSPS) is 20.3. The van der Waals surface area contributed by atoms with E-state index in [-0.39, 0.29) is 5.78 Å². The molecule has 4 heteroatoms. The zero-order chi connectivity index (χ0) is 13.1. The summed E-state index contributed by atoms with van der Waals surface area (Å²) >= 11 is 0. The van der Waals surface area contributed by atoms with Crippen LogP contribution >= 0.6 is 0 Å². The van der Waals surface area contributed by atoms with Crippen LogP contribution in [0.5, 0.6) is 5.75 Å². The van der Waals surface area contributed by atoms with Crippen LogP contribution in [0, 0.1) is 0 Å². The first kappa shape index (κ1) is 12.8. The van der Waals surface area contributed by atoms with E-state index in [4.69, 9.17) is 4.74 Å². The Morgan fingerprint density at radius 3 is 3.06 bits per heavy atom. The number of ether oxygens (including phenoxy) is 1. The lowest BCUT2D eigenvalue weighted by molar-refractivity contribution is -0.122. The van der Waals surface area contributed by atoms with Crippen LogP contribution in [0.25, 0.3) is 6.08 Å². The molecule has 0 saturated heterocycles. The van der Waals surface area contributed by atoms with Crippen LogP contribution in [0.3, 0.4) is 0 Å². The van der Waals surface area contributed by atoms with Gasteiger partial charge in [-0.15, -0.1) is 0 Å². The zero-order valence-electron chi connectivity index (χ0n) is 10.2. The fourth-order valence-electron chi connectivity index (χ4n) is 1.83. The van der Waals surface area contributed by atoms with Gasteiger partial charge in [0.1, 0.15) is 11.9 Å². The Kier molecular flexibility index (Phi) is 3.79. The molecule has 0 radical (unpaired) electrons. The lowest BCUT2D eigenvalue weighted by Gasteiger charge is -2.22. The molecule has 1 aromatic rings. The molecule has 18 heavy (non-hydrogen) atoms. The highest BCUT2D eigenvalue weighted by atomic mass is 16.5. The van der Waals surface area contributed by atoms with E-state index in [1.807, 2.05) is 6.07 Å². The molecule has 1 aliphatic heterocycles. The number of Topliss-reactive ketones (excluding diaryl/α,β-unsaturated/α-hetero) is 1. The Hall–Kier alpha value is -1.65. The van der Waals surface area contributed by atoms with Crippen LogP contribution in [-0.2, 0) is 4.79 Å². The Morgan fingerprint density at radius 1 is 1.56 bits per heavy atom. The van der Waals surface area contributed by atoms with Gasteiger partial charge in [-0.05, 0) is 24.6 Å². The summed E-state index contributed by atoms with van der Waals surface area (Å²) < 4.78 is 5.47.